The van der Waals surface area contributed by atoms with E-state index in [1.165, 1.54) is 12.1 Å². The van der Waals surface area contributed by atoms with Crippen LogP contribution in [0.25, 0.3) is 0 Å². The van der Waals surface area contributed by atoms with Gasteiger partial charge in [0, 0.05) is 50.7 Å². The Balaban J connectivity index is 1.62. The number of amides is 1. The summed E-state index contributed by atoms with van der Waals surface area (Å²) in [6.45, 7) is 5.34. The Morgan fingerprint density at radius 1 is 1.32 bits per heavy atom. The van der Waals surface area contributed by atoms with E-state index >= 15 is 0 Å². The van der Waals surface area contributed by atoms with E-state index in [1.54, 1.807) is 18.6 Å². The Morgan fingerprint density at radius 2 is 2.11 bits per heavy atom. The minimum Gasteiger partial charge on any atom is -0.371 e. The van der Waals surface area contributed by atoms with Gasteiger partial charge < -0.3 is 14.8 Å². The van der Waals surface area contributed by atoms with Crippen molar-refractivity contribution in [3.05, 3.63) is 52.6 Å². The number of rotatable bonds is 8. The second kappa shape index (κ2) is 9.34. The molecule has 0 atom stereocenters. The molecule has 1 aromatic carbocycles. The van der Waals surface area contributed by atoms with E-state index in [-0.39, 0.29) is 11.6 Å². The van der Waals surface area contributed by atoms with Crippen molar-refractivity contribution in [3.63, 3.8) is 0 Å². The van der Waals surface area contributed by atoms with Crippen molar-refractivity contribution < 1.29 is 9.72 Å². The van der Waals surface area contributed by atoms with E-state index in [2.05, 4.69) is 22.1 Å². The molecule has 1 aliphatic rings. The Kier molecular flexibility index (Phi) is 6.62. The number of nitro groups is 1. The highest BCUT2D eigenvalue weighted by Gasteiger charge is 2.23. The van der Waals surface area contributed by atoms with Gasteiger partial charge in [0.25, 0.3) is 11.6 Å². The number of anilines is 1. The molecule has 0 unspecified atom stereocenters. The Morgan fingerprint density at radius 3 is 2.79 bits per heavy atom. The van der Waals surface area contributed by atoms with E-state index in [9.17, 15) is 14.9 Å². The second-order valence-corrected chi connectivity index (χ2v) is 7.39. The summed E-state index contributed by atoms with van der Waals surface area (Å²) >= 11 is 0. The predicted molar refractivity (Wildman–Crippen MR) is 108 cm³/mol. The highest BCUT2D eigenvalue weighted by atomic mass is 16.6. The lowest BCUT2D eigenvalue weighted by atomic mass is 9.98. The Labute approximate surface area is 164 Å². The number of benzene rings is 1. The van der Waals surface area contributed by atoms with Gasteiger partial charge in [-0.05, 0) is 37.7 Å². The fourth-order valence-electron chi connectivity index (χ4n) is 3.48. The minimum absolute atomic E-state index is 0.0561. The summed E-state index contributed by atoms with van der Waals surface area (Å²) in [6.07, 6.45) is 9.30. The third-order valence-corrected chi connectivity index (χ3v) is 5.25. The Bertz CT molecular complexity index is 798. The monoisotopic (exact) mass is 385 g/mol. The zero-order valence-electron chi connectivity index (χ0n) is 16.2. The molecule has 0 aliphatic carbocycles. The minimum atomic E-state index is -0.454. The number of carbonyl (C=O) groups is 1. The normalized spacial score (nSPS) is 14.8. The van der Waals surface area contributed by atoms with Crippen LogP contribution >= 0.6 is 0 Å². The molecular formula is C20H27N5O3. The molecule has 28 heavy (non-hydrogen) atoms. The van der Waals surface area contributed by atoms with Gasteiger partial charge in [-0.25, -0.2) is 4.98 Å². The zero-order chi connectivity index (χ0) is 19.9. The molecule has 2 heterocycles. The van der Waals surface area contributed by atoms with Crippen molar-refractivity contribution in [1.82, 2.24) is 14.9 Å². The van der Waals surface area contributed by atoms with Crippen molar-refractivity contribution in [2.75, 3.05) is 24.5 Å². The van der Waals surface area contributed by atoms with Crippen LogP contribution in [0.15, 0.2) is 36.9 Å². The van der Waals surface area contributed by atoms with Gasteiger partial charge in [-0.2, -0.15) is 0 Å². The molecule has 2 aromatic rings. The van der Waals surface area contributed by atoms with Crippen molar-refractivity contribution in [2.24, 2.45) is 5.92 Å². The molecule has 150 valence electrons. The standard InChI is InChI=1S/C20H27N5O3/c1-16-6-11-24(12-7-16)19-5-4-17(25(27)28)14-18(19)20(26)22-8-2-3-10-23-13-9-21-15-23/h4-5,9,13-16H,2-3,6-8,10-12H2,1H3,(H,22,26). The van der Waals surface area contributed by atoms with Crippen LogP contribution in [-0.2, 0) is 6.54 Å². The topological polar surface area (TPSA) is 93.3 Å². The fraction of sp³-hybridized carbons (Fsp3) is 0.500. The molecular weight excluding hydrogens is 358 g/mol. The van der Waals surface area contributed by atoms with Crippen LogP contribution < -0.4 is 10.2 Å². The largest absolute Gasteiger partial charge is 0.371 e. The van der Waals surface area contributed by atoms with Crippen LogP contribution in [0.2, 0.25) is 0 Å². The maximum Gasteiger partial charge on any atom is 0.270 e. The number of non-ortho nitro benzene ring substituents is 1. The highest BCUT2D eigenvalue weighted by molar-refractivity contribution is 6.00. The van der Waals surface area contributed by atoms with Crippen LogP contribution in [0, 0.1) is 16.0 Å². The number of aromatic nitrogens is 2. The van der Waals surface area contributed by atoms with Crippen LogP contribution in [-0.4, -0.2) is 40.0 Å². The highest BCUT2D eigenvalue weighted by Crippen LogP contribution is 2.29. The number of imidazole rings is 1. The summed E-state index contributed by atoms with van der Waals surface area (Å²) in [5, 5.41) is 14.1. The Hall–Kier alpha value is -2.90. The summed E-state index contributed by atoms with van der Waals surface area (Å²) < 4.78 is 2.00. The summed E-state index contributed by atoms with van der Waals surface area (Å²) in [5.74, 6) is 0.419. The average molecular weight is 385 g/mol. The number of carbonyl (C=O) groups excluding carboxylic acids is 1. The van der Waals surface area contributed by atoms with E-state index in [0.717, 1.165) is 51.0 Å². The van der Waals surface area contributed by atoms with Gasteiger partial charge in [-0.15, -0.1) is 0 Å². The lowest BCUT2D eigenvalue weighted by molar-refractivity contribution is -0.384. The second-order valence-electron chi connectivity index (χ2n) is 7.39. The first kappa shape index (κ1) is 19.9. The third-order valence-electron chi connectivity index (χ3n) is 5.25. The SMILES string of the molecule is CC1CCN(c2ccc([N+](=O)[O-])cc2C(=O)NCCCCn2ccnc2)CC1. The summed E-state index contributed by atoms with van der Waals surface area (Å²) in [7, 11) is 0. The quantitative estimate of drug-likeness (QED) is 0.428. The summed E-state index contributed by atoms with van der Waals surface area (Å²) in [4.78, 5) is 29.6. The molecule has 0 radical (unpaired) electrons. The van der Waals surface area contributed by atoms with Crippen molar-refractivity contribution >= 4 is 17.3 Å². The van der Waals surface area contributed by atoms with Gasteiger partial charge in [-0.3, -0.25) is 14.9 Å². The van der Waals surface area contributed by atoms with Gasteiger partial charge >= 0.3 is 0 Å². The van der Waals surface area contributed by atoms with Crippen LogP contribution in [0.1, 0.15) is 43.0 Å². The van der Waals surface area contributed by atoms with Crippen LogP contribution in [0.3, 0.4) is 0 Å². The van der Waals surface area contributed by atoms with Crippen molar-refractivity contribution in [3.8, 4) is 0 Å². The number of aryl methyl sites for hydroxylation is 1. The van der Waals surface area contributed by atoms with Gasteiger partial charge in [0.05, 0.1) is 22.5 Å². The molecule has 1 N–H and O–H groups in total. The van der Waals surface area contributed by atoms with E-state index in [0.29, 0.717) is 18.0 Å². The zero-order valence-corrected chi connectivity index (χ0v) is 16.2. The predicted octanol–water partition coefficient (Wildman–Crippen LogP) is 3.24. The molecule has 0 bridgehead atoms. The number of nitro benzene ring substituents is 1. The molecule has 1 fully saturated rings. The first-order valence-corrected chi connectivity index (χ1v) is 9.82. The lowest BCUT2D eigenvalue weighted by Gasteiger charge is -2.33. The van der Waals surface area contributed by atoms with Crippen molar-refractivity contribution in [1.29, 1.82) is 0 Å². The molecule has 0 saturated carbocycles. The van der Waals surface area contributed by atoms with Gasteiger partial charge in [0.1, 0.15) is 0 Å². The van der Waals surface area contributed by atoms with E-state index < -0.39 is 4.92 Å². The first-order valence-electron chi connectivity index (χ1n) is 9.82. The molecule has 1 saturated heterocycles. The fourth-order valence-corrected chi connectivity index (χ4v) is 3.48. The smallest absolute Gasteiger partial charge is 0.270 e. The maximum atomic E-state index is 12.8. The summed E-state index contributed by atoms with van der Waals surface area (Å²) in [6, 6.07) is 4.59. The molecule has 8 heteroatoms. The molecule has 1 aliphatic heterocycles. The molecule has 1 aromatic heterocycles. The van der Waals surface area contributed by atoms with Crippen molar-refractivity contribution in [2.45, 2.75) is 39.2 Å². The molecule has 0 spiro atoms. The van der Waals surface area contributed by atoms with Gasteiger partial charge in [0.15, 0.2) is 0 Å². The average Bonchev–Trinajstić information content (AvgIpc) is 3.21. The molecule has 8 nitrogen and oxygen atoms in total. The van der Waals surface area contributed by atoms with Crippen LogP contribution in [0.4, 0.5) is 11.4 Å². The number of unbranched alkanes of at least 4 members (excludes halogenated alkanes) is 1. The first-order chi connectivity index (χ1) is 13.5. The van der Waals surface area contributed by atoms with E-state index in [4.69, 9.17) is 0 Å². The van der Waals surface area contributed by atoms with E-state index in [1.807, 2.05) is 10.8 Å². The number of hydrogen-bond acceptors (Lipinski definition) is 5. The molecule has 3 rings (SSSR count). The summed E-state index contributed by atoms with van der Waals surface area (Å²) in [5.41, 5.74) is 1.12. The van der Waals surface area contributed by atoms with Gasteiger partial charge in [-0.1, -0.05) is 6.92 Å². The van der Waals surface area contributed by atoms with Gasteiger partial charge in [0.2, 0.25) is 0 Å². The number of nitrogens with zero attached hydrogens (tertiary/aromatic N) is 4. The number of piperidine rings is 1. The third kappa shape index (κ3) is 5.09. The maximum absolute atomic E-state index is 12.8. The lowest BCUT2D eigenvalue weighted by Crippen LogP contribution is -2.35. The number of nitrogens with one attached hydrogen (secondary N) is 1. The number of hydrogen-bond donors (Lipinski definition) is 1. The van der Waals surface area contributed by atoms with Crippen LogP contribution in [0.5, 0.6) is 0 Å². The molecule has 1 amide bonds.